The van der Waals surface area contributed by atoms with E-state index in [2.05, 4.69) is 2.04 Å². The topological polar surface area (TPSA) is 165 Å². The van der Waals surface area contributed by atoms with Crippen LogP contribution in [0.5, 0.6) is 0 Å². The van der Waals surface area contributed by atoms with Gasteiger partial charge in [0.2, 0.25) is 0 Å². The van der Waals surface area contributed by atoms with Crippen LogP contribution in [0.25, 0.3) is 0 Å². The summed E-state index contributed by atoms with van der Waals surface area (Å²) < 4.78 is 69.9. The molecule has 0 aromatic heterocycles. The van der Waals surface area contributed by atoms with Crippen molar-refractivity contribution in [2.24, 2.45) is 0 Å². The fourth-order valence-corrected chi connectivity index (χ4v) is 14.0. The molecule has 11 heavy (non-hydrogen) atoms. The van der Waals surface area contributed by atoms with E-state index in [-0.39, 0.29) is 0 Å². The summed E-state index contributed by atoms with van der Waals surface area (Å²) in [5, 5.41) is 0. The van der Waals surface area contributed by atoms with Gasteiger partial charge in [-0.3, -0.25) is 0 Å². The fourth-order valence-electron chi connectivity index (χ4n) is 0.208. The van der Waals surface area contributed by atoms with Crippen molar-refractivity contribution in [3.63, 3.8) is 0 Å². The molecule has 0 atom stereocenters. The van der Waals surface area contributed by atoms with Crippen LogP contribution in [-0.2, 0) is 41.4 Å². The van der Waals surface area contributed by atoms with Gasteiger partial charge in [0.15, 0.2) is 0 Å². The Labute approximate surface area is 64.0 Å². The predicted octanol–water partition coefficient (Wildman–Crippen LogP) is -3.65. The summed E-state index contributed by atoms with van der Waals surface area (Å²) in [5.41, 5.74) is 0. The zero-order valence-electron chi connectivity index (χ0n) is 4.72. The zero-order valence-corrected chi connectivity index (χ0v) is 10.6. The van der Waals surface area contributed by atoms with Crippen LogP contribution in [0.15, 0.2) is 0 Å². The molecule has 0 spiro atoms. The van der Waals surface area contributed by atoms with Crippen LogP contribution in [-0.4, -0.2) is 22.6 Å². The van der Waals surface area contributed by atoms with Crippen molar-refractivity contribution in [2.75, 3.05) is 0 Å². The molecule has 72 valence electrons. The van der Waals surface area contributed by atoms with Crippen molar-refractivity contribution < 1.29 is 64.0 Å². The van der Waals surface area contributed by atoms with Crippen LogP contribution in [0.4, 0.5) is 0 Å². The van der Waals surface area contributed by atoms with Gasteiger partial charge in [-0.25, -0.2) is 0 Å². The molecule has 0 saturated carbocycles. The average Bonchev–Trinajstić information content (AvgIpc) is 1.04. The van der Waals surface area contributed by atoms with Gasteiger partial charge >= 0.3 is 64.0 Å². The van der Waals surface area contributed by atoms with E-state index < -0.39 is 32.6 Å². The Morgan fingerprint density at radius 2 is 0.909 bits per heavy atom. The van der Waals surface area contributed by atoms with Gasteiger partial charge in [-0.1, -0.05) is 0 Å². The SMILES string of the molecule is [O]=[W]([OH])([OH])([OH])[O][W](=[O])([OH])([OH])[OH]. The molecule has 11 heteroatoms. The summed E-state index contributed by atoms with van der Waals surface area (Å²) in [6, 6.07) is 0. The van der Waals surface area contributed by atoms with Gasteiger partial charge in [-0.05, 0) is 0 Å². The van der Waals surface area contributed by atoms with E-state index in [9.17, 15) is 6.80 Å². The summed E-state index contributed by atoms with van der Waals surface area (Å²) in [5.74, 6) is 0. The van der Waals surface area contributed by atoms with E-state index in [0.717, 1.165) is 0 Å². The van der Waals surface area contributed by atoms with Gasteiger partial charge in [0.1, 0.15) is 0 Å². The first-order valence-corrected chi connectivity index (χ1v) is 14.4. The molecule has 0 rings (SSSR count). The molecule has 0 aliphatic heterocycles. The molecule has 0 fully saturated rings. The fraction of sp³-hybridized carbons (Fsp3) is 0. The van der Waals surface area contributed by atoms with Crippen molar-refractivity contribution in [3.05, 3.63) is 0 Å². The molecular weight excluding hydrogens is 512 g/mol. The Hall–Kier alpha value is 0.697. The minimum absolute atomic E-state index is 2.64. The first-order valence-electron chi connectivity index (χ1n) is 1.76. The van der Waals surface area contributed by atoms with Gasteiger partial charge in [0.25, 0.3) is 0 Å². The van der Waals surface area contributed by atoms with E-state index in [1.165, 1.54) is 0 Å². The van der Waals surface area contributed by atoms with Gasteiger partial charge in [0, 0.05) is 0 Å². The van der Waals surface area contributed by atoms with Crippen LogP contribution in [0.1, 0.15) is 0 Å². The number of hydrogen-bond donors (Lipinski definition) is 6. The quantitative estimate of drug-likeness (QED) is 0.217. The van der Waals surface area contributed by atoms with Crippen molar-refractivity contribution in [2.45, 2.75) is 0 Å². The Morgan fingerprint density at radius 3 is 0.909 bits per heavy atom. The maximum atomic E-state index is 9.93. The van der Waals surface area contributed by atoms with Crippen LogP contribution >= 0.6 is 0 Å². The molecule has 0 heterocycles. The Balaban J connectivity index is 4.86. The molecule has 6 N–H and O–H groups in total. The second kappa shape index (κ2) is 2.14. The first kappa shape index (κ1) is 11.7. The molecule has 0 unspecified atom stereocenters. The summed E-state index contributed by atoms with van der Waals surface area (Å²) in [7, 11) is 0. The summed E-state index contributed by atoms with van der Waals surface area (Å²) >= 11 is -15.7. The van der Waals surface area contributed by atoms with Crippen LogP contribution in [0.3, 0.4) is 0 Å². The molecular formula is H6O9W2. The maximum absolute atomic E-state index is 9.93. The predicted molar refractivity (Wildman–Crippen MR) is 15.8 cm³/mol. The monoisotopic (exact) mass is 518 g/mol. The van der Waals surface area contributed by atoms with Gasteiger partial charge in [-0.15, -0.1) is 0 Å². The summed E-state index contributed by atoms with van der Waals surface area (Å²) in [4.78, 5) is 0. The molecule has 0 saturated heterocycles. The first-order chi connectivity index (χ1) is 4.21. The average molecular weight is 518 g/mol. The zero-order chi connectivity index (χ0) is 9.60. The van der Waals surface area contributed by atoms with Crippen LogP contribution in [0, 0.1) is 0 Å². The molecule has 0 aromatic carbocycles. The normalized spacial score (nSPS) is 21.3. The Morgan fingerprint density at radius 1 is 0.727 bits per heavy atom. The van der Waals surface area contributed by atoms with E-state index >= 15 is 0 Å². The van der Waals surface area contributed by atoms with E-state index in [1.807, 2.05) is 0 Å². The van der Waals surface area contributed by atoms with Gasteiger partial charge in [0.05, 0.1) is 0 Å². The minimum atomic E-state index is -7.85. The molecule has 9 nitrogen and oxygen atoms in total. The molecule has 0 amide bonds. The summed E-state index contributed by atoms with van der Waals surface area (Å²) in [6.07, 6.45) is 0. The van der Waals surface area contributed by atoms with Crippen molar-refractivity contribution >= 4 is 0 Å². The van der Waals surface area contributed by atoms with E-state index in [0.29, 0.717) is 0 Å². The van der Waals surface area contributed by atoms with Crippen molar-refractivity contribution in [1.82, 2.24) is 0 Å². The molecule has 0 aliphatic carbocycles. The van der Waals surface area contributed by atoms with E-state index in [4.69, 9.17) is 22.6 Å². The molecule has 0 aromatic rings. The van der Waals surface area contributed by atoms with Crippen LogP contribution in [0.2, 0.25) is 0 Å². The third kappa shape index (κ3) is 10.7. The second-order valence-corrected chi connectivity index (χ2v) is 17.0. The third-order valence-electron chi connectivity index (χ3n) is 0.238. The Kier molecular flexibility index (Phi) is 2.27. The standard InChI is InChI=1S/6H2O.3O.2W/h6*1H2;;;;;/q;;;;;;;;;2*+3/p-6. The van der Waals surface area contributed by atoms with Crippen LogP contribution < -0.4 is 0 Å². The second-order valence-electron chi connectivity index (χ2n) is 1.59. The van der Waals surface area contributed by atoms with Crippen molar-refractivity contribution in [1.29, 1.82) is 0 Å². The molecule has 0 radical (unpaired) electrons. The number of hydrogen-bond acceptors (Lipinski definition) is 3. The number of rotatable bonds is 2. The van der Waals surface area contributed by atoms with Gasteiger partial charge < -0.3 is 0 Å². The van der Waals surface area contributed by atoms with Gasteiger partial charge in [-0.2, -0.15) is 0 Å². The van der Waals surface area contributed by atoms with Crippen molar-refractivity contribution in [3.8, 4) is 0 Å². The molecule has 0 aliphatic rings. The summed E-state index contributed by atoms with van der Waals surface area (Å²) in [6.45, 7) is 0. The molecule has 0 bridgehead atoms. The third-order valence-corrected chi connectivity index (χ3v) is 16.0. The Bertz CT molecular complexity index is 231. The van der Waals surface area contributed by atoms with E-state index in [1.54, 1.807) is 0 Å².